The Balaban J connectivity index is 2.02. The fourth-order valence-electron chi connectivity index (χ4n) is 3.68. The van der Waals surface area contributed by atoms with Gasteiger partial charge in [-0.15, -0.1) is 23.2 Å². The Morgan fingerprint density at radius 1 is 1.19 bits per heavy atom. The lowest BCUT2D eigenvalue weighted by Crippen LogP contribution is -2.45. The van der Waals surface area contributed by atoms with Crippen molar-refractivity contribution in [3.63, 3.8) is 0 Å². The average Bonchev–Trinajstić information content (AvgIpc) is 3.18. The van der Waals surface area contributed by atoms with Crippen molar-refractivity contribution in [1.82, 2.24) is 4.90 Å². The maximum atomic E-state index is 13.2. The van der Waals surface area contributed by atoms with Crippen molar-refractivity contribution in [2.45, 2.75) is 36.6 Å². The number of carbonyl (C=O) groups is 2. The molecule has 148 valence electrons. The first kappa shape index (κ1) is 20.1. The number of nitrogens with zero attached hydrogens (tertiary/aromatic N) is 1. The van der Waals surface area contributed by atoms with E-state index in [0.717, 1.165) is 11.1 Å². The second-order valence-corrected chi connectivity index (χ2v) is 8.65. The van der Waals surface area contributed by atoms with Crippen LogP contribution in [0.25, 0.3) is 0 Å². The van der Waals surface area contributed by atoms with Gasteiger partial charge in [0.05, 0.1) is 39.2 Å². The predicted octanol–water partition coefficient (Wildman–Crippen LogP) is 3.28. The molecule has 2 aliphatic rings. The van der Waals surface area contributed by atoms with E-state index in [2.05, 4.69) is 0 Å². The minimum atomic E-state index is -1.07. The van der Waals surface area contributed by atoms with Gasteiger partial charge in [0.15, 0.2) is 11.5 Å². The third-order valence-corrected chi connectivity index (χ3v) is 6.68. The summed E-state index contributed by atoms with van der Waals surface area (Å²) in [4.78, 5) is 27.0. The van der Waals surface area contributed by atoms with Crippen molar-refractivity contribution in [2.75, 3.05) is 27.9 Å². The van der Waals surface area contributed by atoms with Crippen molar-refractivity contribution >= 4 is 35.1 Å². The highest BCUT2D eigenvalue weighted by atomic mass is 35.5. The van der Waals surface area contributed by atoms with E-state index in [1.807, 2.05) is 12.1 Å². The lowest BCUT2D eigenvalue weighted by Gasteiger charge is -2.39. The number of fused-ring (bicyclic) bond motifs is 1. The molecule has 6 nitrogen and oxygen atoms in total. The molecule has 3 rings (SSSR count). The Morgan fingerprint density at radius 3 is 2.30 bits per heavy atom. The number of halogens is 2. The summed E-state index contributed by atoms with van der Waals surface area (Å²) in [6, 6.07) is 3.24. The third kappa shape index (κ3) is 3.34. The number of esters is 1. The molecule has 2 atom stereocenters. The predicted molar refractivity (Wildman–Crippen MR) is 101 cm³/mol. The van der Waals surface area contributed by atoms with Gasteiger partial charge in [-0.05, 0) is 43.0 Å². The van der Waals surface area contributed by atoms with Gasteiger partial charge in [0.1, 0.15) is 4.33 Å². The highest BCUT2D eigenvalue weighted by Gasteiger charge is 2.69. The monoisotopic (exact) mass is 415 g/mol. The van der Waals surface area contributed by atoms with E-state index in [-0.39, 0.29) is 12.3 Å². The normalized spacial score (nSPS) is 25.4. The Hall–Kier alpha value is -1.66. The van der Waals surface area contributed by atoms with Gasteiger partial charge in [-0.3, -0.25) is 9.59 Å². The third-order valence-electron chi connectivity index (χ3n) is 5.58. The number of hydrogen-bond donors (Lipinski definition) is 0. The van der Waals surface area contributed by atoms with Crippen LogP contribution in [0.3, 0.4) is 0 Å². The quantitative estimate of drug-likeness (QED) is 0.545. The fourth-order valence-corrected chi connectivity index (χ4v) is 4.38. The summed E-state index contributed by atoms with van der Waals surface area (Å²) >= 11 is 12.4. The van der Waals surface area contributed by atoms with Gasteiger partial charge in [-0.1, -0.05) is 0 Å². The van der Waals surface area contributed by atoms with Gasteiger partial charge < -0.3 is 19.1 Å². The van der Waals surface area contributed by atoms with Crippen LogP contribution in [0.4, 0.5) is 0 Å². The van der Waals surface area contributed by atoms with Crippen LogP contribution >= 0.6 is 23.2 Å². The van der Waals surface area contributed by atoms with Crippen LogP contribution in [0.15, 0.2) is 12.1 Å². The highest BCUT2D eigenvalue weighted by Crippen LogP contribution is 2.65. The molecule has 1 aliphatic heterocycles. The minimum Gasteiger partial charge on any atom is -0.493 e. The average molecular weight is 416 g/mol. The summed E-state index contributed by atoms with van der Waals surface area (Å²) in [6.45, 7) is 2.22. The molecule has 1 heterocycles. The zero-order valence-electron chi connectivity index (χ0n) is 15.8. The number of alkyl halides is 2. The number of ether oxygens (including phenoxy) is 3. The molecule has 0 bridgehead atoms. The summed E-state index contributed by atoms with van der Waals surface area (Å²) in [7, 11) is 4.45. The first-order chi connectivity index (χ1) is 12.7. The molecule has 0 N–H and O–H groups in total. The summed E-state index contributed by atoms with van der Waals surface area (Å²) in [6.07, 6.45) is 1.06. The molecule has 0 radical (unpaired) electrons. The molecule has 0 aromatic heterocycles. The van der Waals surface area contributed by atoms with Gasteiger partial charge in [0.2, 0.25) is 5.91 Å². The molecular weight excluding hydrogens is 393 g/mol. The van der Waals surface area contributed by atoms with E-state index in [1.165, 1.54) is 7.11 Å². The number of carbonyl (C=O) groups excluding carboxylic acids is 2. The molecule has 1 aromatic carbocycles. The first-order valence-electron chi connectivity index (χ1n) is 8.69. The fraction of sp³-hybridized carbons (Fsp3) is 0.579. The van der Waals surface area contributed by atoms with E-state index in [9.17, 15) is 9.59 Å². The standard InChI is InChI=1S/C19H23Cl2NO5/c1-18(10-19(18,20)21)17(24)22-6-5-11-7-14(25-2)15(26-3)8-12(11)13(22)9-16(23)27-4/h7-8,13H,5-6,9-10H2,1-4H3. The zero-order valence-corrected chi connectivity index (χ0v) is 17.3. The maximum Gasteiger partial charge on any atom is 0.307 e. The summed E-state index contributed by atoms with van der Waals surface area (Å²) in [5, 5.41) is 0. The van der Waals surface area contributed by atoms with E-state index in [4.69, 9.17) is 37.4 Å². The molecule has 1 aliphatic carbocycles. The van der Waals surface area contributed by atoms with Crippen LogP contribution in [-0.2, 0) is 20.7 Å². The Morgan fingerprint density at radius 2 is 1.78 bits per heavy atom. The zero-order chi connectivity index (χ0) is 20.0. The minimum absolute atomic E-state index is 0.0401. The molecule has 1 saturated carbocycles. The van der Waals surface area contributed by atoms with Gasteiger partial charge in [0, 0.05) is 6.54 Å². The summed E-state index contributed by atoms with van der Waals surface area (Å²) in [5.41, 5.74) is 1.00. The van der Waals surface area contributed by atoms with Gasteiger partial charge >= 0.3 is 5.97 Å². The second kappa shape index (κ2) is 7.06. The van der Waals surface area contributed by atoms with Crippen LogP contribution in [-0.4, -0.2) is 49.0 Å². The Bertz CT molecular complexity index is 782. The molecule has 0 saturated heterocycles. The van der Waals surface area contributed by atoms with Crippen molar-refractivity contribution in [3.8, 4) is 11.5 Å². The van der Waals surface area contributed by atoms with Crippen LogP contribution in [0.1, 0.15) is 36.9 Å². The molecule has 1 fully saturated rings. The number of hydrogen-bond acceptors (Lipinski definition) is 5. The lowest BCUT2D eigenvalue weighted by molar-refractivity contribution is -0.146. The Kier molecular flexibility index (Phi) is 5.25. The van der Waals surface area contributed by atoms with Crippen molar-refractivity contribution in [2.24, 2.45) is 5.41 Å². The van der Waals surface area contributed by atoms with E-state index < -0.39 is 21.8 Å². The van der Waals surface area contributed by atoms with E-state index >= 15 is 0 Å². The molecule has 1 amide bonds. The van der Waals surface area contributed by atoms with E-state index in [0.29, 0.717) is 30.9 Å². The van der Waals surface area contributed by atoms with Gasteiger partial charge in [-0.2, -0.15) is 0 Å². The SMILES string of the molecule is COC(=O)CC1c2cc(OC)c(OC)cc2CCN1C(=O)C1(C)CC1(Cl)Cl. The topological polar surface area (TPSA) is 65.1 Å². The highest BCUT2D eigenvalue weighted by molar-refractivity contribution is 6.53. The van der Waals surface area contributed by atoms with Crippen molar-refractivity contribution in [3.05, 3.63) is 23.3 Å². The van der Waals surface area contributed by atoms with Gasteiger partial charge in [-0.25, -0.2) is 0 Å². The van der Waals surface area contributed by atoms with Crippen LogP contribution in [0.2, 0.25) is 0 Å². The molecule has 8 heteroatoms. The van der Waals surface area contributed by atoms with Crippen molar-refractivity contribution in [1.29, 1.82) is 0 Å². The first-order valence-corrected chi connectivity index (χ1v) is 9.44. The molecule has 0 spiro atoms. The second-order valence-electron chi connectivity index (χ2n) is 7.16. The van der Waals surface area contributed by atoms with Crippen LogP contribution < -0.4 is 9.47 Å². The van der Waals surface area contributed by atoms with Gasteiger partial charge in [0.25, 0.3) is 0 Å². The molecule has 1 aromatic rings. The number of methoxy groups -OCH3 is 3. The van der Waals surface area contributed by atoms with Crippen molar-refractivity contribution < 1.29 is 23.8 Å². The number of amides is 1. The summed E-state index contributed by atoms with van der Waals surface area (Å²) in [5.74, 6) is 0.607. The summed E-state index contributed by atoms with van der Waals surface area (Å²) < 4.78 is 14.6. The largest absolute Gasteiger partial charge is 0.493 e. The molecular formula is C19H23Cl2NO5. The lowest BCUT2D eigenvalue weighted by atomic mass is 9.88. The van der Waals surface area contributed by atoms with Crippen LogP contribution in [0, 0.1) is 5.41 Å². The van der Waals surface area contributed by atoms with Crippen LogP contribution in [0.5, 0.6) is 11.5 Å². The van der Waals surface area contributed by atoms with E-state index in [1.54, 1.807) is 26.0 Å². The molecule has 27 heavy (non-hydrogen) atoms. The maximum absolute atomic E-state index is 13.2. The Labute approximate surface area is 168 Å². The smallest absolute Gasteiger partial charge is 0.307 e. The molecule has 2 unspecified atom stereocenters. The number of benzene rings is 1. The number of rotatable bonds is 5.